The lowest BCUT2D eigenvalue weighted by Gasteiger charge is -2.05. The maximum atomic E-state index is 4.19. The van der Waals surface area contributed by atoms with Crippen molar-refractivity contribution in [2.45, 2.75) is 13.1 Å². The maximum Gasteiger partial charge on any atom is 0.160 e. The summed E-state index contributed by atoms with van der Waals surface area (Å²) in [5, 5.41) is 11.7. The van der Waals surface area contributed by atoms with Gasteiger partial charge in [0.05, 0.1) is 6.54 Å². The summed E-state index contributed by atoms with van der Waals surface area (Å²) in [6.07, 6.45) is 1.97. The fourth-order valence-corrected chi connectivity index (χ4v) is 2.65. The lowest BCUT2D eigenvalue weighted by molar-refractivity contribution is 0.656. The second-order valence-corrected chi connectivity index (χ2v) is 6.11. The number of benzene rings is 1. The number of nitrogens with zero attached hydrogens (tertiary/aromatic N) is 3. The van der Waals surface area contributed by atoms with E-state index >= 15 is 0 Å². The van der Waals surface area contributed by atoms with Crippen LogP contribution in [0.4, 0.5) is 0 Å². The zero-order valence-corrected chi connectivity index (χ0v) is 13.7. The van der Waals surface area contributed by atoms with Gasteiger partial charge in [0, 0.05) is 21.7 Å². The predicted molar refractivity (Wildman–Crippen MR) is 85.4 cm³/mol. The van der Waals surface area contributed by atoms with E-state index in [0.717, 1.165) is 27.0 Å². The molecule has 2 heterocycles. The zero-order chi connectivity index (χ0) is 13.9. The van der Waals surface area contributed by atoms with E-state index in [-0.39, 0.29) is 0 Å². The number of hydrogen-bond acceptors (Lipinski definition) is 3. The molecule has 3 aromatic rings. The maximum absolute atomic E-state index is 4.19. The zero-order valence-electron chi connectivity index (χ0n) is 10.6. The Morgan fingerprint density at radius 2 is 1.90 bits per heavy atom. The van der Waals surface area contributed by atoms with Crippen molar-refractivity contribution in [3.63, 3.8) is 0 Å². The van der Waals surface area contributed by atoms with Crippen LogP contribution >= 0.6 is 31.9 Å². The molecular formula is C14H12Br2N4. The molecule has 0 bridgehead atoms. The van der Waals surface area contributed by atoms with Gasteiger partial charge in [-0.1, -0.05) is 12.1 Å². The lowest BCUT2D eigenvalue weighted by Crippen LogP contribution is -2.14. The molecule has 102 valence electrons. The van der Waals surface area contributed by atoms with Gasteiger partial charge in [0.2, 0.25) is 0 Å². The number of rotatable bonds is 4. The molecule has 0 saturated carbocycles. The van der Waals surface area contributed by atoms with Crippen molar-refractivity contribution in [1.29, 1.82) is 0 Å². The standard InChI is InChI=1S/C14H12Br2N4/c15-11-5-4-10(7-12(11)16)8-17-9-14-19-18-13-3-1-2-6-20(13)14/h1-7,17H,8-9H2. The number of pyridine rings is 1. The molecule has 0 spiro atoms. The molecule has 0 fully saturated rings. The Morgan fingerprint density at radius 3 is 2.75 bits per heavy atom. The second kappa shape index (κ2) is 6.03. The van der Waals surface area contributed by atoms with Crippen LogP contribution in [0.5, 0.6) is 0 Å². The number of halogens is 2. The highest BCUT2D eigenvalue weighted by molar-refractivity contribution is 9.13. The molecule has 0 saturated heterocycles. The van der Waals surface area contributed by atoms with E-state index < -0.39 is 0 Å². The minimum Gasteiger partial charge on any atom is -0.306 e. The molecule has 0 atom stereocenters. The summed E-state index contributed by atoms with van der Waals surface area (Å²) < 4.78 is 4.11. The minimum atomic E-state index is 0.679. The Bertz CT molecular complexity index is 739. The molecule has 20 heavy (non-hydrogen) atoms. The number of hydrogen-bond donors (Lipinski definition) is 1. The molecule has 0 radical (unpaired) electrons. The molecule has 2 aromatic heterocycles. The Morgan fingerprint density at radius 1 is 1.00 bits per heavy atom. The summed E-state index contributed by atoms with van der Waals surface area (Å²) >= 11 is 6.98. The van der Waals surface area contributed by atoms with Crippen molar-refractivity contribution in [3.05, 3.63) is 62.9 Å². The van der Waals surface area contributed by atoms with Gasteiger partial charge in [0.25, 0.3) is 0 Å². The van der Waals surface area contributed by atoms with Gasteiger partial charge in [-0.2, -0.15) is 0 Å². The predicted octanol–water partition coefficient (Wildman–Crippen LogP) is 3.54. The van der Waals surface area contributed by atoms with E-state index in [1.165, 1.54) is 5.56 Å². The summed E-state index contributed by atoms with van der Waals surface area (Å²) in [5.41, 5.74) is 2.09. The van der Waals surface area contributed by atoms with Gasteiger partial charge in [-0.15, -0.1) is 10.2 Å². The van der Waals surface area contributed by atoms with Crippen molar-refractivity contribution in [2.24, 2.45) is 0 Å². The lowest BCUT2D eigenvalue weighted by atomic mass is 10.2. The van der Waals surface area contributed by atoms with Crippen LogP contribution < -0.4 is 5.32 Å². The normalized spacial score (nSPS) is 11.1. The number of nitrogens with one attached hydrogen (secondary N) is 1. The summed E-state index contributed by atoms with van der Waals surface area (Å²) in [6, 6.07) is 12.1. The first-order chi connectivity index (χ1) is 9.74. The SMILES string of the molecule is Brc1ccc(CNCc2nnc3ccccn23)cc1Br. The van der Waals surface area contributed by atoms with Crippen molar-refractivity contribution >= 4 is 37.5 Å². The van der Waals surface area contributed by atoms with Gasteiger partial charge >= 0.3 is 0 Å². The quantitative estimate of drug-likeness (QED) is 0.734. The third-order valence-electron chi connectivity index (χ3n) is 2.98. The Kier molecular flexibility index (Phi) is 4.14. The molecule has 6 heteroatoms. The highest BCUT2D eigenvalue weighted by Gasteiger charge is 2.04. The van der Waals surface area contributed by atoms with Crippen LogP contribution in [-0.2, 0) is 13.1 Å². The first-order valence-corrected chi connectivity index (χ1v) is 7.76. The molecule has 0 amide bonds. The topological polar surface area (TPSA) is 42.2 Å². The fourth-order valence-electron chi connectivity index (χ4n) is 1.98. The van der Waals surface area contributed by atoms with E-state index in [1.54, 1.807) is 0 Å². The highest BCUT2D eigenvalue weighted by atomic mass is 79.9. The highest BCUT2D eigenvalue weighted by Crippen LogP contribution is 2.23. The van der Waals surface area contributed by atoms with Crippen LogP contribution in [0.25, 0.3) is 5.65 Å². The fraction of sp³-hybridized carbons (Fsp3) is 0.143. The van der Waals surface area contributed by atoms with Crippen LogP contribution in [0.15, 0.2) is 51.5 Å². The van der Waals surface area contributed by atoms with Crippen LogP contribution in [0.3, 0.4) is 0 Å². The Balaban J connectivity index is 1.66. The molecule has 1 N–H and O–H groups in total. The molecule has 0 aliphatic carbocycles. The molecule has 3 rings (SSSR count). The Hall–Kier alpha value is -1.24. The third-order valence-corrected chi connectivity index (χ3v) is 4.86. The van der Waals surface area contributed by atoms with Gasteiger partial charge in [-0.25, -0.2) is 0 Å². The van der Waals surface area contributed by atoms with Crippen molar-refractivity contribution < 1.29 is 0 Å². The summed E-state index contributed by atoms with van der Waals surface area (Å²) in [4.78, 5) is 0. The molecule has 4 nitrogen and oxygen atoms in total. The van der Waals surface area contributed by atoms with Crippen LogP contribution in [-0.4, -0.2) is 14.6 Å². The Labute approximate surface area is 133 Å². The smallest absolute Gasteiger partial charge is 0.160 e. The minimum absolute atomic E-state index is 0.679. The first-order valence-electron chi connectivity index (χ1n) is 6.17. The van der Waals surface area contributed by atoms with Gasteiger partial charge in [-0.3, -0.25) is 4.40 Å². The van der Waals surface area contributed by atoms with Gasteiger partial charge < -0.3 is 5.32 Å². The molecule has 0 unspecified atom stereocenters. The second-order valence-electron chi connectivity index (χ2n) is 4.40. The average molecular weight is 396 g/mol. The summed E-state index contributed by atoms with van der Waals surface area (Å²) in [6.45, 7) is 1.46. The van der Waals surface area contributed by atoms with Crippen LogP contribution in [0.1, 0.15) is 11.4 Å². The van der Waals surface area contributed by atoms with Gasteiger partial charge in [0.15, 0.2) is 11.5 Å². The van der Waals surface area contributed by atoms with Crippen molar-refractivity contribution in [2.75, 3.05) is 0 Å². The van der Waals surface area contributed by atoms with Crippen LogP contribution in [0.2, 0.25) is 0 Å². The average Bonchev–Trinajstić information content (AvgIpc) is 2.86. The molecular weight excluding hydrogens is 384 g/mol. The summed E-state index contributed by atoms with van der Waals surface area (Å²) in [5.74, 6) is 0.914. The first kappa shape index (κ1) is 13.7. The van der Waals surface area contributed by atoms with Crippen molar-refractivity contribution in [3.8, 4) is 0 Å². The van der Waals surface area contributed by atoms with Crippen molar-refractivity contribution in [1.82, 2.24) is 19.9 Å². The van der Waals surface area contributed by atoms with E-state index in [4.69, 9.17) is 0 Å². The van der Waals surface area contributed by atoms with Crippen LogP contribution in [0, 0.1) is 0 Å². The van der Waals surface area contributed by atoms with Gasteiger partial charge in [-0.05, 0) is 61.7 Å². The van der Waals surface area contributed by atoms with E-state index in [9.17, 15) is 0 Å². The third kappa shape index (κ3) is 2.92. The monoisotopic (exact) mass is 394 g/mol. The largest absolute Gasteiger partial charge is 0.306 e. The summed E-state index contributed by atoms with van der Waals surface area (Å²) in [7, 11) is 0. The van der Waals surface area contributed by atoms with E-state index in [2.05, 4.69) is 59.5 Å². The van der Waals surface area contributed by atoms with Gasteiger partial charge in [0.1, 0.15) is 0 Å². The van der Waals surface area contributed by atoms with E-state index in [1.807, 2.05) is 34.9 Å². The molecule has 0 aliphatic heterocycles. The molecule has 1 aromatic carbocycles. The number of fused-ring (bicyclic) bond motifs is 1. The van der Waals surface area contributed by atoms with E-state index in [0.29, 0.717) is 6.54 Å². The molecule has 0 aliphatic rings. The number of aromatic nitrogens is 3.